The molecule has 0 bridgehead atoms. The van der Waals surface area contributed by atoms with Crippen molar-refractivity contribution in [1.82, 2.24) is 5.32 Å². The molecule has 1 aromatic rings. The number of carbonyl (C=O) groups is 1. The average Bonchev–Trinajstić information content (AvgIpc) is 2.38. The van der Waals surface area contributed by atoms with E-state index in [4.69, 9.17) is 0 Å². The Hall–Kier alpha value is -1.52. The molecule has 1 aliphatic carbocycles. The van der Waals surface area contributed by atoms with Crippen molar-refractivity contribution in [3.63, 3.8) is 0 Å². The van der Waals surface area contributed by atoms with Crippen molar-refractivity contribution in [3.8, 4) is 0 Å². The van der Waals surface area contributed by atoms with Gasteiger partial charge in [-0.05, 0) is 37.8 Å². The fourth-order valence-electron chi connectivity index (χ4n) is 2.71. The molecule has 0 aromatic heterocycles. The van der Waals surface area contributed by atoms with Crippen molar-refractivity contribution < 1.29 is 18.0 Å². The summed E-state index contributed by atoms with van der Waals surface area (Å²) in [7, 11) is 0. The fourth-order valence-corrected chi connectivity index (χ4v) is 2.71. The molecule has 0 spiro atoms. The molecule has 2 nitrogen and oxygen atoms in total. The van der Waals surface area contributed by atoms with Crippen molar-refractivity contribution in [1.29, 1.82) is 0 Å². The predicted octanol–water partition coefficient (Wildman–Crippen LogP) is 3.85. The second-order valence-electron chi connectivity index (χ2n) is 5.39. The summed E-state index contributed by atoms with van der Waals surface area (Å²) in [6, 6.07) is 6.69. The summed E-state index contributed by atoms with van der Waals surface area (Å²) >= 11 is 0. The summed E-state index contributed by atoms with van der Waals surface area (Å²) in [4.78, 5) is 12.1. The zero-order chi connectivity index (χ0) is 14.8. The molecule has 2 unspecified atom stereocenters. The Bertz CT molecular complexity index is 484. The maximum absolute atomic E-state index is 12.7. The highest BCUT2D eigenvalue weighted by molar-refractivity contribution is 5.95. The van der Waals surface area contributed by atoms with Gasteiger partial charge in [0.1, 0.15) is 0 Å². The largest absolute Gasteiger partial charge is 0.391 e. The lowest BCUT2D eigenvalue weighted by Crippen LogP contribution is -2.41. The van der Waals surface area contributed by atoms with Gasteiger partial charge in [0.25, 0.3) is 5.91 Å². The van der Waals surface area contributed by atoms with Crippen LogP contribution in [0.2, 0.25) is 0 Å². The molecule has 0 aliphatic heterocycles. The molecule has 2 rings (SSSR count). The van der Waals surface area contributed by atoms with Gasteiger partial charge >= 0.3 is 6.18 Å². The van der Waals surface area contributed by atoms with Gasteiger partial charge in [0.05, 0.1) is 5.92 Å². The van der Waals surface area contributed by atoms with E-state index in [0.717, 1.165) is 5.56 Å². The highest BCUT2D eigenvalue weighted by atomic mass is 19.4. The molecule has 110 valence electrons. The highest BCUT2D eigenvalue weighted by Crippen LogP contribution is 2.37. The minimum atomic E-state index is -4.16. The fraction of sp³-hybridized carbons (Fsp3) is 0.533. The standard InChI is InChI=1S/C15H18F3NO/c1-10-5-2-3-8-13(10)14(20)19-12-7-4-6-11(9-12)15(16,17)18/h2-3,5,8,11-12H,4,6-7,9H2,1H3,(H,19,20). The molecule has 20 heavy (non-hydrogen) atoms. The maximum Gasteiger partial charge on any atom is 0.391 e. The minimum Gasteiger partial charge on any atom is -0.349 e. The molecule has 1 aliphatic rings. The summed E-state index contributed by atoms with van der Waals surface area (Å²) < 4.78 is 38.2. The summed E-state index contributed by atoms with van der Waals surface area (Å²) in [6.45, 7) is 1.81. The van der Waals surface area contributed by atoms with Crippen LogP contribution in [0.5, 0.6) is 0 Å². The number of alkyl halides is 3. The Balaban J connectivity index is 2.00. The van der Waals surface area contributed by atoms with E-state index in [1.54, 1.807) is 12.1 Å². The van der Waals surface area contributed by atoms with Gasteiger partial charge in [0.2, 0.25) is 0 Å². The van der Waals surface area contributed by atoms with Crippen LogP contribution in [0.3, 0.4) is 0 Å². The number of hydrogen-bond acceptors (Lipinski definition) is 1. The molecule has 1 fully saturated rings. The van der Waals surface area contributed by atoms with E-state index in [0.29, 0.717) is 18.4 Å². The molecule has 0 heterocycles. The lowest BCUT2D eigenvalue weighted by molar-refractivity contribution is -0.183. The molecule has 1 amide bonds. The number of halogens is 3. The number of aryl methyl sites for hydroxylation is 1. The summed E-state index contributed by atoms with van der Waals surface area (Å²) in [6.07, 6.45) is -2.89. The van der Waals surface area contributed by atoms with E-state index >= 15 is 0 Å². The van der Waals surface area contributed by atoms with Gasteiger partial charge < -0.3 is 5.32 Å². The van der Waals surface area contributed by atoms with E-state index in [2.05, 4.69) is 5.32 Å². The van der Waals surface area contributed by atoms with Crippen LogP contribution in [0.1, 0.15) is 41.6 Å². The first-order valence-corrected chi connectivity index (χ1v) is 6.81. The van der Waals surface area contributed by atoms with Crippen LogP contribution in [0.25, 0.3) is 0 Å². The monoisotopic (exact) mass is 285 g/mol. The number of benzene rings is 1. The maximum atomic E-state index is 12.7. The molecule has 1 aromatic carbocycles. The van der Waals surface area contributed by atoms with Crippen LogP contribution in [-0.4, -0.2) is 18.1 Å². The van der Waals surface area contributed by atoms with Gasteiger partial charge in [0, 0.05) is 11.6 Å². The first kappa shape index (κ1) is 14.9. The first-order chi connectivity index (χ1) is 9.38. The van der Waals surface area contributed by atoms with Crippen molar-refractivity contribution in [2.75, 3.05) is 0 Å². The third-order valence-electron chi connectivity index (χ3n) is 3.86. The van der Waals surface area contributed by atoms with Gasteiger partial charge in [-0.1, -0.05) is 24.6 Å². The zero-order valence-corrected chi connectivity index (χ0v) is 11.3. The van der Waals surface area contributed by atoms with Gasteiger partial charge in [0.15, 0.2) is 0 Å². The third-order valence-corrected chi connectivity index (χ3v) is 3.86. The van der Waals surface area contributed by atoms with Crippen molar-refractivity contribution in [2.24, 2.45) is 5.92 Å². The van der Waals surface area contributed by atoms with Crippen molar-refractivity contribution >= 4 is 5.91 Å². The van der Waals surface area contributed by atoms with Gasteiger partial charge in [-0.15, -0.1) is 0 Å². The molecular formula is C15H18F3NO. The Morgan fingerprint density at radius 1 is 1.25 bits per heavy atom. The van der Waals surface area contributed by atoms with Crippen LogP contribution in [0, 0.1) is 12.8 Å². The topological polar surface area (TPSA) is 29.1 Å². The van der Waals surface area contributed by atoms with Crippen molar-refractivity contribution in [3.05, 3.63) is 35.4 Å². The molecule has 0 radical (unpaired) electrons. The van der Waals surface area contributed by atoms with Gasteiger partial charge in [-0.25, -0.2) is 0 Å². The minimum absolute atomic E-state index is 0.0128. The number of rotatable bonds is 2. The van der Waals surface area contributed by atoms with Crippen LogP contribution in [0.15, 0.2) is 24.3 Å². The lowest BCUT2D eigenvalue weighted by atomic mass is 9.85. The smallest absolute Gasteiger partial charge is 0.349 e. The molecule has 5 heteroatoms. The van der Waals surface area contributed by atoms with E-state index in [-0.39, 0.29) is 24.8 Å². The quantitative estimate of drug-likeness (QED) is 0.878. The second kappa shape index (κ2) is 5.85. The van der Waals surface area contributed by atoms with Crippen molar-refractivity contribution in [2.45, 2.75) is 44.8 Å². The number of amides is 1. The second-order valence-corrected chi connectivity index (χ2v) is 5.39. The molecular weight excluding hydrogens is 267 g/mol. The summed E-state index contributed by atoms with van der Waals surface area (Å²) in [5.74, 6) is -1.57. The van der Waals surface area contributed by atoms with E-state index < -0.39 is 12.1 Å². The number of nitrogens with one attached hydrogen (secondary N) is 1. The van der Waals surface area contributed by atoms with Gasteiger partial charge in [-0.3, -0.25) is 4.79 Å². The Morgan fingerprint density at radius 2 is 1.95 bits per heavy atom. The van der Waals surface area contributed by atoms with E-state index in [1.165, 1.54) is 0 Å². The highest BCUT2D eigenvalue weighted by Gasteiger charge is 2.42. The summed E-state index contributed by atoms with van der Waals surface area (Å²) in [5, 5.41) is 2.74. The SMILES string of the molecule is Cc1ccccc1C(=O)NC1CCCC(C(F)(F)F)C1. The number of carbonyl (C=O) groups excluding carboxylic acids is 1. The Labute approximate surface area is 116 Å². The van der Waals surface area contributed by atoms with E-state index in [9.17, 15) is 18.0 Å². The Morgan fingerprint density at radius 3 is 2.60 bits per heavy atom. The lowest BCUT2D eigenvalue weighted by Gasteiger charge is -2.31. The Kier molecular flexibility index (Phi) is 4.35. The zero-order valence-electron chi connectivity index (χ0n) is 11.3. The van der Waals surface area contributed by atoms with Crippen LogP contribution in [-0.2, 0) is 0 Å². The third kappa shape index (κ3) is 3.52. The molecule has 1 N–H and O–H groups in total. The van der Waals surface area contributed by atoms with Crippen LogP contribution in [0.4, 0.5) is 13.2 Å². The molecule has 2 atom stereocenters. The van der Waals surface area contributed by atoms with Crippen LogP contribution < -0.4 is 5.32 Å². The van der Waals surface area contributed by atoms with Crippen LogP contribution >= 0.6 is 0 Å². The first-order valence-electron chi connectivity index (χ1n) is 6.81. The van der Waals surface area contributed by atoms with E-state index in [1.807, 2.05) is 19.1 Å². The average molecular weight is 285 g/mol. The molecule has 0 saturated heterocycles. The number of hydrogen-bond donors (Lipinski definition) is 1. The normalized spacial score (nSPS) is 23.4. The predicted molar refractivity (Wildman–Crippen MR) is 70.4 cm³/mol. The summed E-state index contributed by atoms with van der Waals surface area (Å²) in [5.41, 5.74) is 1.36. The van der Waals surface area contributed by atoms with Gasteiger partial charge in [-0.2, -0.15) is 13.2 Å². The molecule has 1 saturated carbocycles.